The van der Waals surface area contributed by atoms with Crippen LogP contribution in [0.2, 0.25) is 0 Å². The summed E-state index contributed by atoms with van der Waals surface area (Å²) >= 11 is 0. The van der Waals surface area contributed by atoms with E-state index in [1.54, 1.807) is 18.2 Å². The number of rotatable bonds is 8. The Morgan fingerprint density at radius 2 is 1.69 bits per heavy atom. The number of hydrogen-bond acceptors (Lipinski definition) is 6. The molecular weight excluding hydrogens is 368 g/mol. The molecule has 1 heterocycles. The normalized spacial score (nSPS) is 10.5. The fraction of sp³-hybridized carbons (Fsp3) is 0.227. The molecular formula is C22H24N4O3. The zero-order chi connectivity index (χ0) is 20.6. The SMILES string of the molecule is CCOc1ccccc1NC(=O)c1ccnc(Nc2ccccc2OC(C)C)n1. The largest absolute Gasteiger partial charge is 0.492 e. The average Bonchev–Trinajstić information content (AvgIpc) is 2.71. The summed E-state index contributed by atoms with van der Waals surface area (Å²) in [5.74, 6) is 1.24. The van der Waals surface area contributed by atoms with Gasteiger partial charge >= 0.3 is 0 Å². The number of nitrogens with one attached hydrogen (secondary N) is 2. The Morgan fingerprint density at radius 1 is 1.00 bits per heavy atom. The van der Waals surface area contributed by atoms with Crippen LogP contribution in [0.25, 0.3) is 0 Å². The third kappa shape index (κ3) is 5.44. The van der Waals surface area contributed by atoms with Crippen molar-refractivity contribution in [1.82, 2.24) is 9.97 Å². The molecule has 0 aliphatic heterocycles. The van der Waals surface area contributed by atoms with Gasteiger partial charge in [-0.2, -0.15) is 0 Å². The number of para-hydroxylation sites is 4. The lowest BCUT2D eigenvalue weighted by Gasteiger charge is -2.15. The summed E-state index contributed by atoms with van der Waals surface area (Å²) in [6.07, 6.45) is 1.56. The molecule has 1 amide bonds. The van der Waals surface area contributed by atoms with Crippen molar-refractivity contribution in [3.05, 3.63) is 66.5 Å². The van der Waals surface area contributed by atoms with Crippen molar-refractivity contribution in [2.24, 2.45) is 0 Å². The molecule has 0 saturated heterocycles. The molecule has 0 aliphatic rings. The van der Waals surface area contributed by atoms with E-state index in [1.807, 2.05) is 57.2 Å². The first-order valence-corrected chi connectivity index (χ1v) is 9.45. The maximum absolute atomic E-state index is 12.7. The number of ether oxygens (including phenoxy) is 2. The van der Waals surface area contributed by atoms with Crippen LogP contribution >= 0.6 is 0 Å². The topological polar surface area (TPSA) is 85.4 Å². The van der Waals surface area contributed by atoms with E-state index in [1.165, 1.54) is 6.20 Å². The Morgan fingerprint density at radius 3 is 2.41 bits per heavy atom. The highest BCUT2D eigenvalue weighted by Crippen LogP contribution is 2.27. The molecule has 7 nitrogen and oxygen atoms in total. The van der Waals surface area contributed by atoms with Crippen molar-refractivity contribution in [2.45, 2.75) is 26.9 Å². The molecule has 0 unspecified atom stereocenters. The van der Waals surface area contributed by atoms with Gasteiger partial charge in [-0.1, -0.05) is 24.3 Å². The van der Waals surface area contributed by atoms with Crippen LogP contribution in [0.15, 0.2) is 60.8 Å². The van der Waals surface area contributed by atoms with Gasteiger partial charge in [-0.15, -0.1) is 0 Å². The molecule has 0 radical (unpaired) electrons. The third-order valence-corrected chi connectivity index (χ3v) is 3.82. The second kappa shape index (κ2) is 9.54. The zero-order valence-electron chi connectivity index (χ0n) is 16.7. The summed E-state index contributed by atoms with van der Waals surface area (Å²) in [5, 5.41) is 5.95. The van der Waals surface area contributed by atoms with Crippen LogP contribution in [0.5, 0.6) is 11.5 Å². The van der Waals surface area contributed by atoms with E-state index in [9.17, 15) is 4.79 Å². The quantitative estimate of drug-likeness (QED) is 0.580. The Bertz CT molecular complexity index is 976. The van der Waals surface area contributed by atoms with Gasteiger partial charge in [0, 0.05) is 6.20 Å². The van der Waals surface area contributed by atoms with Crippen LogP contribution in [0.1, 0.15) is 31.3 Å². The molecule has 0 fully saturated rings. The first-order valence-electron chi connectivity index (χ1n) is 9.45. The van der Waals surface area contributed by atoms with Crippen LogP contribution < -0.4 is 20.1 Å². The van der Waals surface area contributed by atoms with Crippen molar-refractivity contribution in [3.8, 4) is 11.5 Å². The second-order valence-electron chi connectivity index (χ2n) is 6.44. The average molecular weight is 392 g/mol. The molecule has 2 aromatic carbocycles. The van der Waals surface area contributed by atoms with Crippen molar-refractivity contribution in [3.63, 3.8) is 0 Å². The number of aromatic nitrogens is 2. The van der Waals surface area contributed by atoms with Crippen LogP contribution in [0.4, 0.5) is 17.3 Å². The first kappa shape index (κ1) is 20.1. The summed E-state index contributed by atoms with van der Waals surface area (Å²) in [6.45, 7) is 6.31. The van der Waals surface area contributed by atoms with E-state index < -0.39 is 0 Å². The molecule has 1 aromatic heterocycles. The molecule has 3 aromatic rings. The number of carbonyl (C=O) groups excluding carboxylic acids is 1. The van der Waals surface area contributed by atoms with E-state index in [-0.39, 0.29) is 17.7 Å². The van der Waals surface area contributed by atoms with Gasteiger partial charge in [0.1, 0.15) is 17.2 Å². The summed E-state index contributed by atoms with van der Waals surface area (Å²) < 4.78 is 11.3. The predicted octanol–water partition coefficient (Wildman–Crippen LogP) is 4.66. The number of carbonyl (C=O) groups is 1. The van der Waals surface area contributed by atoms with Gasteiger partial charge in [-0.25, -0.2) is 9.97 Å². The minimum atomic E-state index is -0.352. The second-order valence-corrected chi connectivity index (χ2v) is 6.44. The molecule has 0 bridgehead atoms. The highest BCUT2D eigenvalue weighted by molar-refractivity contribution is 6.03. The van der Waals surface area contributed by atoms with Gasteiger partial charge in [-0.3, -0.25) is 4.79 Å². The minimum absolute atomic E-state index is 0.0291. The molecule has 0 saturated carbocycles. The standard InChI is InChI=1S/C22H24N4O3/c1-4-28-19-11-7-5-9-16(19)24-21(27)18-13-14-23-22(26-18)25-17-10-6-8-12-20(17)29-15(2)3/h5-15H,4H2,1-3H3,(H,24,27)(H,23,25,26). The number of amides is 1. The lowest BCUT2D eigenvalue weighted by Crippen LogP contribution is -2.15. The summed E-state index contributed by atoms with van der Waals surface area (Å²) in [6, 6.07) is 16.3. The van der Waals surface area contributed by atoms with Gasteiger partial charge in [-0.05, 0) is 51.1 Å². The molecule has 3 rings (SSSR count). The fourth-order valence-corrected chi connectivity index (χ4v) is 2.63. The van der Waals surface area contributed by atoms with Crippen molar-refractivity contribution in [1.29, 1.82) is 0 Å². The Kier molecular flexibility index (Phi) is 6.63. The van der Waals surface area contributed by atoms with Gasteiger partial charge in [0.05, 0.1) is 24.1 Å². The van der Waals surface area contributed by atoms with E-state index >= 15 is 0 Å². The van der Waals surface area contributed by atoms with E-state index in [2.05, 4.69) is 20.6 Å². The van der Waals surface area contributed by atoms with Crippen LogP contribution in [-0.4, -0.2) is 28.6 Å². The molecule has 2 N–H and O–H groups in total. The van der Waals surface area contributed by atoms with Crippen LogP contribution in [-0.2, 0) is 0 Å². The Balaban J connectivity index is 1.77. The van der Waals surface area contributed by atoms with Gasteiger partial charge in [0.25, 0.3) is 5.91 Å². The molecule has 0 spiro atoms. The smallest absolute Gasteiger partial charge is 0.274 e. The fourth-order valence-electron chi connectivity index (χ4n) is 2.63. The molecule has 0 aliphatic carbocycles. The van der Waals surface area contributed by atoms with Crippen molar-refractivity contribution < 1.29 is 14.3 Å². The number of nitrogens with zero attached hydrogens (tertiary/aromatic N) is 2. The number of anilines is 3. The third-order valence-electron chi connectivity index (χ3n) is 3.82. The van der Waals surface area contributed by atoms with E-state index in [0.29, 0.717) is 29.7 Å². The van der Waals surface area contributed by atoms with Gasteiger partial charge < -0.3 is 20.1 Å². The van der Waals surface area contributed by atoms with Crippen LogP contribution in [0, 0.1) is 0 Å². The highest BCUT2D eigenvalue weighted by Gasteiger charge is 2.13. The molecule has 0 atom stereocenters. The Hall–Kier alpha value is -3.61. The van der Waals surface area contributed by atoms with Gasteiger partial charge in [0.15, 0.2) is 0 Å². The van der Waals surface area contributed by atoms with Gasteiger partial charge in [0.2, 0.25) is 5.95 Å². The lowest BCUT2D eigenvalue weighted by atomic mass is 10.2. The maximum atomic E-state index is 12.7. The molecule has 150 valence electrons. The summed E-state index contributed by atoms with van der Waals surface area (Å²) in [5.41, 5.74) is 1.54. The zero-order valence-corrected chi connectivity index (χ0v) is 16.7. The lowest BCUT2D eigenvalue weighted by molar-refractivity contribution is 0.102. The highest BCUT2D eigenvalue weighted by atomic mass is 16.5. The Labute approximate surface area is 170 Å². The minimum Gasteiger partial charge on any atom is -0.492 e. The summed E-state index contributed by atoms with van der Waals surface area (Å²) in [4.78, 5) is 21.2. The van der Waals surface area contributed by atoms with E-state index in [4.69, 9.17) is 9.47 Å². The van der Waals surface area contributed by atoms with Crippen LogP contribution in [0.3, 0.4) is 0 Å². The summed E-state index contributed by atoms with van der Waals surface area (Å²) in [7, 11) is 0. The molecule has 7 heteroatoms. The number of hydrogen-bond donors (Lipinski definition) is 2. The maximum Gasteiger partial charge on any atom is 0.274 e. The predicted molar refractivity (Wildman–Crippen MR) is 113 cm³/mol. The molecule has 29 heavy (non-hydrogen) atoms. The van der Waals surface area contributed by atoms with E-state index in [0.717, 1.165) is 5.69 Å². The van der Waals surface area contributed by atoms with Crippen molar-refractivity contribution in [2.75, 3.05) is 17.2 Å². The monoisotopic (exact) mass is 392 g/mol. The first-order chi connectivity index (χ1) is 14.1. The number of benzene rings is 2. The van der Waals surface area contributed by atoms with Crippen molar-refractivity contribution >= 4 is 23.2 Å².